The number of ether oxygens (including phenoxy) is 3. The topological polar surface area (TPSA) is 74.5 Å². The molecule has 0 saturated heterocycles. The zero-order valence-corrected chi connectivity index (χ0v) is 16.2. The third-order valence-electron chi connectivity index (χ3n) is 3.89. The molecule has 0 N–H and O–H groups in total. The van der Waals surface area contributed by atoms with E-state index < -0.39 is 0 Å². The van der Waals surface area contributed by atoms with Gasteiger partial charge in [-0.05, 0) is 63.0 Å². The molecular weight excluding hydrogens is 322 g/mol. The zero-order valence-electron chi connectivity index (χ0n) is 16.2. The molecule has 25 heavy (non-hydrogen) atoms. The van der Waals surface area contributed by atoms with Gasteiger partial charge in [-0.3, -0.25) is 4.90 Å². The van der Waals surface area contributed by atoms with Crippen LogP contribution >= 0.6 is 0 Å². The van der Waals surface area contributed by atoms with Gasteiger partial charge < -0.3 is 14.2 Å². The van der Waals surface area contributed by atoms with Gasteiger partial charge in [0.1, 0.15) is 0 Å². The van der Waals surface area contributed by atoms with Crippen LogP contribution in [0.15, 0.2) is 12.1 Å². The van der Waals surface area contributed by atoms with Crippen molar-refractivity contribution in [3.8, 4) is 17.2 Å². The minimum absolute atomic E-state index is 0.178. The second-order valence-corrected chi connectivity index (χ2v) is 6.94. The van der Waals surface area contributed by atoms with E-state index in [2.05, 4.69) is 41.2 Å². The Balaban J connectivity index is 2.65. The number of aromatic nitrogens is 4. The van der Waals surface area contributed by atoms with Gasteiger partial charge in [-0.25, -0.2) is 4.68 Å². The summed E-state index contributed by atoms with van der Waals surface area (Å²) in [5, 5.41) is 12.3. The number of rotatable bonds is 6. The number of benzene rings is 1. The van der Waals surface area contributed by atoms with Gasteiger partial charge in [0, 0.05) is 0 Å². The van der Waals surface area contributed by atoms with Crippen LogP contribution < -0.4 is 14.2 Å². The lowest BCUT2D eigenvalue weighted by molar-refractivity contribution is 0.274. The number of tetrazole rings is 1. The van der Waals surface area contributed by atoms with Gasteiger partial charge >= 0.3 is 0 Å². The molecule has 0 fully saturated rings. The van der Waals surface area contributed by atoms with Crippen LogP contribution in [0.4, 0.5) is 0 Å². The van der Waals surface area contributed by atoms with Gasteiger partial charge in [-0.2, -0.15) is 0 Å². The molecule has 138 valence electrons. The Hall–Kier alpha value is -2.35. The van der Waals surface area contributed by atoms with Crippen LogP contribution in [0.25, 0.3) is 0 Å². The highest BCUT2D eigenvalue weighted by molar-refractivity contribution is 5.55. The molecule has 2 aromatic rings. The molecule has 0 saturated carbocycles. The number of nitrogens with zero attached hydrogens (tertiary/aromatic N) is 5. The highest BCUT2D eigenvalue weighted by Crippen LogP contribution is 2.41. The second-order valence-electron chi connectivity index (χ2n) is 6.94. The lowest BCUT2D eigenvalue weighted by Gasteiger charge is -2.28. The van der Waals surface area contributed by atoms with E-state index in [-0.39, 0.29) is 11.6 Å². The summed E-state index contributed by atoms with van der Waals surface area (Å²) in [6.07, 6.45) is 0. The van der Waals surface area contributed by atoms with Gasteiger partial charge in [-0.15, -0.1) is 5.10 Å². The van der Waals surface area contributed by atoms with Gasteiger partial charge in [0.15, 0.2) is 17.3 Å². The van der Waals surface area contributed by atoms with Crippen molar-refractivity contribution in [3.05, 3.63) is 23.5 Å². The number of methoxy groups -OCH3 is 3. The number of hydrogen-bond acceptors (Lipinski definition) is 7. The molecule has 1 heterocycles. The largest absolute Gasteiger partial charge is 0.493 e. The first-order valence-corrected chi connectivity index (χ1v) is 7.99. The van der Waals surface area contributed by atoms with Crippen molar-refractivity contribution in [1.29, 1.82) is 0 Å². The van der Waals surface area contributed by atoms with Crippen LogP contribution in [0.2, 0.25) is 0 Å². The first-order valence-electron chi connectivity index (χ1n) is 7.99. The molecule has 0 spiro atoms. The summed E-state index contributed by atoms with van der Waals surface area (Å²) in [4.78, 5) is 2.05. The fourth-order valence-electron chi connectivity index (χ4n) is 2.78. The van der Waals surface area contributed by atoms with E-state index in [0.29, 0.717) is 17.2 Å². The van der Waals surface area contributed by atoms with E-state index in [1.807, 2.05) is 30.9 Å². The smallest absolute Gasteiger partial charge is 0.203 e. The van der Waals surface area contributed by atoms with Crippen LogP contribution in [-0.4, -0.2) is 60.5 Å². The third-order valence-corrected chi connectivity index (χ3v) is 3.89. The first kappa shape index (κ1) is 19.0. The van der Waals surface area contributed by atoms with E-state index >= 15 is 0 Å². The Bertz CT molecular complexity index is 696. The summed E-state index contributed by atoms with van der Waals surface area (Å²) in [5.41, 5.74) is 0.702. The Morgan fingerprint density at radius 3 is 1.96 bits per heavy atom. The van der Waals surface area contributed by atoms with Crippen LogP contribution in [0.1, 0.15) is 38.2 Å². The van der Waals surface area contributed by atoms with E-state index in [4.69, 9.17) is 14.2 Å². The Kier molecular flexibility index (Phi) is 5.52. The summed E-state index contributed by atoms with van der Waals surface area (Å²) < 4.78 is 18.2. The molecule has 1 atom stereocenters. The van der Waals surface area contributed by atoms with Gasteiger partial charge in [0.2, 0.25) is 5.75 Å². The summed E-state index contributed by atoms with van der Waals surface area (Å²) in [5.74, 6) is 2.49. The van der Waals surface area contributed by atoms with Crippen molar-refractivity contribution in [2.24, 2.45) is 0 Å². The van der Waals surface area contributed by atoms with Crippen LogP contribution in [0.3, 0.4) is 0 Å². The predicted octanol–water partition coefficient (Wildman–Crippen LogP) is 2.10. The van der Waals surface area contributed by atoms with E-state index in [9.17, 15) is 0 Å². The Morgan fingerprint density at radius 1 is 1.00 bits per heavy atom. The molecule has 0 amide bonds. The molecule has 1 aromatic carbocycles. The van der Waals surface area contributed by atoms with Gasteiger partial charge in [-0.1, -0.05) is 0 Å². The van der Waals surface area contributed by atoms with Crippen molar-refractivity contribution in [2.75, 3.05) is 35.4 Å². The monoisotopic (exact) mass is 349 g/mol. The molecule has 2 rings (SSSR count). The molecule has 1 aromatic heterocycles. The van der Waals surface area contributed by atoms with Crippen molar-refractivity contribution >= 4 is 0 Å². The quantitative estimate of drug-likeness (QED) is 0.790. The highest BCUT2D eigenvalue weighted by Gasteiger charge is 2.30. The molecule has 0 bridgehead atoms. The minimum Gasteiger partial charge on any atom is -0.493 e. The van der Waals surface area contributed by atoms with Crippen LogP contribution in [-0.2, 0) is 5.54 Å². The van der Waals surface area contributed by atoms with Crippen molar-refractivity contribution in [1.82, 2.24) is 25.1 Å². The first-order chi connectivity index (χ1) is 11.7. The molecule has 0 unspecified atom stereocenters. The van der Waals surface area contributed by atoms with Gasteiger partial charge in [0.05, 0.1) is 32.9 Å². The summed E-state index contributed by atoms with van der Waals surface area (Å²) >= 11 is 0. The highest BCUT2D eigenvalue weighted by atomic mass is 16.5. The number of hydrogen-bond donors (Lipinski definition) is 0. The standard InChI is InChI=1S/C17H27N5O3/c1-17(2,3)22-16(18-19-20-22)14(21(4)5)11-9-12(23-6)15(25-8)13(10-11)24-7/h9-10,14H,1-8H3/t14-/m1/s1. The van der Waals surface area contributed by atoms with Crippen molar-refractivity contribution in [3.63, 3.8) is 0 Å². The summed E-state index contributed by atoms with van der Waals surface area (Å²) in [6.45, 7) is 6.19. The van der Waals surface area contributed by atoms with E-state index in [1.165, 1.54) is 0 Å². The van der Waals surface area contributed by atoms with Gasteiger partial charge in [0.25, 0.3) is 0 Å². The Labute approximate surface area is 148 Å². The maximum atomic E-state index is 5.48. The normalized spacial score (nSPS) is 13.0. The average molecular weight is 349 g/mol. The fraction of sp³-hybridized carbons (Fsp3) is 0.588. The van der Waals surface area contributed by atoms with Crippen molar-refractivity contribution < 1.29 is 14.2 Å². The Morgan fingerprint density at radius 2 is 1.56 bits per heavy atom. The molecule has 8 nitrogen and oxygen atoms in total. The molecule has 0 aliphatic carbocycles. The van der Waals surface area contributed by atoms with Crippen molar-refractivity contribution in [2.45, 2.75) is 32.4 Å². The summed E-state index contributed by atoms with van der Waals surface area (Å²) in [6, 6.07) is 3.67. The fourth-order valence-corrected chi connectivity index (χ4v) is 2.78. The predicted molar refractivity (Wildman–Crippen MR) is 94.4 cm³/mol. The van der Waals surface area contributed by atoms with E-state index in [1.54, 1.807) is 21.3 Å². The van der Waals surface area contributed by atoms with Crippen LogP contribution in [0, 0.1) is 0 Å². The third kappa shape index (κ3) is 3.68. The lowest BCUT2D eigenvalue weighted by Crippen LogP contribution is -2.31. The minimum atomic E-state index is -0.242. The molecule has 8 heteroatoms. The van der Waals surface area contributed by atoms with Crippen LogP contribution in [0.5, 0.6) is 17.2 Å². The molecule has 0 radical (unpaired) electrons. The van der Waals surface area contributed by atoms with E-state index in [0.717, 1.165) is 11.4 Å². The molecular formula is C17H27N5O3. The maximum absolute atomic E-state index is 5.48. The molecule has 0 aliphatic heterocycles. The SMILES string of the molecule is COc1cc([C@H](c2nnnn2C(C)(C)C)N(C)C)cc(OC)c1OC. The average Bonchev–Trinajstić information content (AvgIpc) is 3.03. The second kappa shape index (κ2) is 7.26. The molecule has 0 aliphatic rings. The maximum Gasteiger partial charge on any atom is 0.203 e. The summed E-state index contributed by atoms with van der Waals surface area (Å²) in [7, 11) is 8.75. The lowest BCUT2D eigenvalue weighted by atomic mass is 10.0. The zero-order chi connectivity index (χ0) is 18.8.